The molecule has 0 saturated heterocycles. The largest absolute Gasteiger partial charge is 0.452 e. The Hall–Kier alpha value is -5.21. The monoisotopic (exact) mass is 526 g/mol. The summed E-state index contributed by atoms with van der Waals surface area (Å²) in [6.07, 6.45) is 0. The van der Waals surface area contributed by atoms with Crippen LogP contribution in [-0.4, -0.2) is 8.76 Å². The molecule has 0 amide bonds. The summed E-state index contributed by atoms with van der Waals surface area (Å²) in [4.78, 5) is 0. The lowest BCUT2D eigenvalue weighted by atomic mass is 9.92. The van der Waals surface area contributed by atoms with Crippen molar-refractivity contribution < 1.29 is 17.4 Å². The highest BCUT2D eigenvalue weighted by Gasteiger charge is 2.20. The quantitative estimate of drug-likeness (QED) is 0.229. The van der Waals surface area contributed by atoms with E-state index in [1.807, 2.05) is 78.9 Å². The Morgan fingerprint density at radius 1 is 0.667 bits per heavy atom. The number of benzene rings is 5. The third kappa shape index (κ3) is 4.54. The summed E-state index contributed by atoms with van der Waals surface area (Å²) in [5, 5.41) is 20.1. The van der Waals surface area contributed by atoms with E-state index in [4.69, 9.17) is 8.60 Å². The van der Waals surface area contributed by atoms with Gasteiger partial charge in [0.15, 0.2) is 11.3 Å². The van der Waals surface area contributed by atoms with Gasteiger partial charge in [0.25, 0.3) is 0 Å². The van der Waals surface area contributed by atoms with E-state index in [1.165, 1.54) is 0 Å². The predicted octanol–water partition coefficient (Wildman–Crippen LogP) is 7.85. The molecule has 6 aromatic rings. The number of fused-ring (bicyclic) bond motifs is 3. The van der Waals surface area contributed by atoms with E-state index >= 15 is 0 Å². The zero-order valence-electron chi connectivity index (χ0n) is 20.3. The second kappa shape index (κ2) is 9.92. The predicted molar refractivity (Wildman–Crippen MR) is 151 cm³/mol. The maximum absolute atomic E-state index is 11.9. The fourth-order valence-corrected chi connectivity index (χ4v) is 5.04. The summed E-state index contributed by atoms with van der Waals surface area (Å²) in [6.45, 7) is 0. The third-order valence-electron chi connectivity index (χ3n) is 6.59. The van der Waals surface area contributed by atoms with Gasteiger partial charge in [0, 0.05) is 16.3 Å². The van der Waals surface area contributed by atoms with Gasteiger partial charge in [-0.25, -0.2) is 0 Å². The lowest BCUT2D eigenvalue weighted by molar-refractivity contribution is 0.456. The molecule has 5 aromatic carbocycles. The van der Waals surface area contributed by atoms with Gasteiger partial charge in [0.1, 0.15) is 5.58 Å². The van der Waals surface area contributed by atoms with E-state index in [1.54, 1.807) is 24.3 Å². The van der Waals surface area contributed by atoms with E-state index in [2.05, 4.69) is 12.1 Å². The van der Waals surface area contributed by atoms with Crippen molar-refractivity contribution in [3.63, 3.8) is 0 Å². The van der Waals surface area contributed by atoms with E-state index in [0.717, 1.165) is 38.6 Å². The highest BCUT2D eigenvalue weighted by Crippen LogP contribution is 2.43. The van der Waals surface area contributed by atoms with Crippen LogP contribution in [0.2, 0.25) is 0 Å². The molecule has 0 radical (unpaired) electrons. The SMILES string of the molecule is N#Cc1ccc(-c2cc(-c3ccc(C#N)cc3)cc(-c3ccc4c(oc5ccccc54)c3OS(=O)O)c2)cc1. The lowest BCUT2D eigenvalue weighted by Gasteiger charge is -2.14. The molecular weight excluding hydrogens is 508 g/mol. The Kier molecular flexibility index (Phi) is 6.14. The number of hydrogen-bond donors (Lipinski definition) is 1. The lowest BCUT2D eigenvalue weighted by Crippen LogP contribution is -2.00. The summed E-state index contributed by atoms with van der Waals surface area (Å²) in [5.74, 6) is 0.160. The standard InChI is InChI=1S/C32H18N2O4S/c33-18-20-5-9-22(10-6-20)24-15-25(23-11-7-21(19-34)8-12-23)17-26(16-24)27-13-14-29-28-3-1-2-4-30(28)37-31(29)32(27)38-39(35)36/h1-17H,(H,35,36). The first-order valence-corrected chi connectivity index (χ1v) is 13.0. The van der Waals surface area contributed by atoms with Gasteiger partial charge in [0.05, 0.1) is 23.3 Å². The van der Waals surface area contributed by atoms with Crippen LogP contribution < -0.4 is 4.18 Å². The number of rotatable bonds is 5. The van der Waals surface area contributed by atoms with E-state index < -0.39 is 11.4 Å². The zero-order chi connectivity index (χ0) is 26.9. The first-order chi connectivity index (χ1) is 19.0. The molecule has 6 nitrogen and oxygen atoms in total. The van der Waals surface area contributed by atoms with Gasteiger partial charge in [-0.1, -0.05) is 42.5 Å². The van der Waals surface area contributed by atoms with Gasteiger partial charge in [-0.05, 0) is 88.5 Å². The third-order valence-corrected chi connectivity index (χ3v) is 6.90. The molecule has 186 valence electrons. The van der Waals surface area contributed by atoms with Crippen LogP contribution in [0.3, 0.4) is 0 Å². The summed E-state index contributed by atoms with van der Waals surface area (Å²) < 4.78 is 33.2. The summed E-state index contributed by atoms with van der Waals surface area (Å²) in [7, 11) is 0. The molecule has 0 fully saturated rings. The van der Waals surface area contributed by atoms with Crippen LogP contribution in [0.5, 0.6) is 5.75 Å². The molecule has 0 spiro atoms. The second-order valence-electron chi connectivity index (χ2n) is 8.89. The Labute approximate surface area is 226 Å². The molecule has 1 aromatic heterocycles. The fraction of sp³-hybridized carbons (Fsp3) is 0. The van der Waals surface area contributed by atoms with Crippen LogP contribution in [0, 0.1) is 22.7 Å². The van der Waals surface area contributed by atoms with E-state index in [9.17, 15) is 19.3 Å². The summed E-state index contributed by atoms with van der Waals surface area (Å²) in [6, 6.07) is 36.1. The molecule has 1 N–H and O–H groups in total. The maximum Gasteiger partial charge on any atom is 0.357 e. The van der Waals surface area contributed by atoms with Gasteiger partial charge in [-0.2, -0.15) is 14.7 Å². The van der Waals surface area contributed by atoms with Crippen LogP contribution >= 0.6 is 0 Å². The average Bonchev–Trinajstić information content (AvgIpc) is 3.36. The Morgan fingerprint density at radius 2 is 1.23 bits per heavy atom. The van der Waals surface area contributed by atoms with Crippen molar-refractivity contribution in [3.05, 3.63) is 114 Å². The van der Waals surface area contributed by atoms with Gasteiger partial charge in [0.2, 0.25) is 0 Å². The molecule has 0 aliphatic heterocycles. The molecule has 0 aliphatic rings. The summed E-state index contributed by atoms with van der Waals surface area (Å²) >= 11 is -2.59. The first kappa shape index (κ1) is 24.1. The van der Waals surface area contributed by atoms with Gasteiger partial charge in [-0.15, -0.1) is 0 Å². The zero-order valence-corrected chi connectivity index (χ0v) is 21.1. The minimum absolute atomic E-state index is 0.160. The minimum atomic E-state index is -2.59. The van der Waals surface area contributed by atoms with Gasteiger partial charge >= 0.3 is 11.4 Å². The average molecular weight is 527 g/mol. The van der Waals surface area contributed by atoms with E-state index in [-0.39, 0.29) is 5.75 Å². The minimum Gasteiger partial charge on any atom is -0.452 e. The Bertz CT molecular complexity index is 1900. The molecule has 7 heteroatoms. The van der Waals surface area contributed by atoms with Gasteiger partial charge < -0.3 is 8.60 Å². The van der Waals surface area contributed by atoms with Crippen LogP contribution in [0.1, 0.15) is 11.1 Å². The van der Waals surface area contributed by atoms with Crippen molar-refractivity contribution in [3.8, 4) is 51.3 Å². The molecule has 0 bridgehead atoms. The molecule has 1 atom stereocenters. The van der Waals surface area contributed by atoms with Crippen molar-refractivity contribution in [1.29, 1.82) is 10.5 Å². The molecule has 0 saturated carbocycles. The van der Waals surface area contributed by atoms with Crippen LogP contribution in [-0.2, 0) is 11.4 Å². The molecule has 39 heavy (non-hydrogen) atoms. The maximum atomic E-state index is 11.9. The Balaban J connectivity index is 1.61. The smallest absolute Gasteiger partial charge is 0.357 e. The van der Waals surface area contributed by atoms with Crippen molar-refractivity contribution in [2.24, 2.45) is 0 Å². The molecule has 1 unspecified atom stereocenters. The van der Waals surface area contributed by atoms with Crippen LogP contribution in [0.15, 0.2) is 108 Å². The van der Waals surface area contributed by atoms with Gasteiger partial charge in [-0.3, -0.25) is 4.55 Å². The van der Waals surface area contributed by atoms with Crippen molar-refractivity contribution in [2.45, 2.75) is 0 Å². The van der Waals surface area contributed by atoms with Crippen molar-refractivity contribution in [1.82, 2.24) is 0 Å². The number of furan rings is 1. The molecular formula is C32H18N2O4S. The molecule has 1 heterocycles. The first-order valence-electron chi connectivity index (χ1n) is 11.9. The highest BCUT2D eigenvalue weighted by molar-refractivity contribution is 7.74. The molecule has 0 aliphatic carbocycles. The molecule has 6 rings (SSSR count). The van der Waals surface area contributed by atoms with Crippen LogP contribution in [0.4, 0.5) is 0 Å². The Morgan fingerprint density at radius 3 is 1.79 bits per heavy atom. The summed E-state index contributed by atoms with van der Waals surface area (Å²) in [5.41, 5.74) is 6.97. The fourth-order valence-electron chi connectivity index (χ4n) is 4.74. The van der Waals surface area contributed by atoms with Crippen LogP contribution in [0.25, 0.3) is 55.3 Å². The highest BCUT2D eigenvalue weighted by atomic mass is 32.2. The number of nitriles is 2. The number of para-hydroxylation sites is 1. The van der Waals surface area contributed by atoms with Crippen molar-refractivity contribution >= 4 is 33.3 Å². The number of hydrogen-bond acceptors (Lipinski definition) is 5. The normalized spacial score (nSPS) is 11.7. The topological polar surface area (TPSA) is 107 Å². The number of nitrogens with zero attached hydrogens (tertiary/aromatic N) is 2. The van der Waals surface area contributed by atoms with Crippen molar-refractivity contribution in [2.75, 3.05) is 0 Å². The second-order valence-corrected chi connectivity index (χ2v) is 9.50. The van der Waals surface area contributed by atoms with E-state index in [0.29, 0.717) is 27.9 Å².